The molecule has 44 heavy (non-hydrogen) atoms. The standard InChI is InChI=1S/C28H39FN7O7P/c1-16(2)41-25(38)17(3)34-44(39,43-19-12-7-6-8-13-19)40-14-20-22(37)28(4,29)26(42-20)36-15-31-21-23(32-27(30)33-24(21)36)35(5)18-10-9-11-18/h6-8,12-13,15-18,20,22,26,37H,9-11,14H2,1-5H3,(H,34,39)(H2,30,32,33)/t17-,20+,22+,26+,28+,44?/m0/s1. The summed E-state index contributed by atoms with van der Waals surface area (Å²) in [5.74, 6) is 0.0167. The first-order valence-electron chi connectivity index (χ1n) is 14.5. The van der Waals surface area contributed by atoms with Gasteiger partial charge in [0.1, 0.15) is 24.0 Å². The van der Waals surface area contributed by atoms with E-state index in [1.807, 2.05) is 11.9 Å². The molecule has 0 spiro atoms. The third kappa shape index (κ3) is 6.52. The fourth-order valence-electron chi connectivity index (χ4n) is 5.14. The van der Waals surface area contributed by atoms with E-state index in [-0.39, 0.29) is 23.4 Å². The lowest BCUT2D eigenvalue weighted by Crippen LogP contribution is -2.41. The van der Waals surface area contributed by atoms with Crippen molar-refractivity contribution < 1.29 is 37.4 Å². The van der Waals surface area contributed by atoms with Gasteiger partial charge in [-0.25, -0.2) is 13.9 Å². The van der Waals surface area contributed by atoms with E-state index < -0.39 is 56.6 Å². The Hall–Kier alpha value is -3.36. The monoisotopic (exact) mass is 635 g/mol. The van der Waals surface area contributed by atoms with Gasteiger partial charge in [-0.1, -0.05) is 18.2 Å². The van der Waals surface area contributed by atoms with Crippen molar-refractivity contribution in [2.75, 3.05) is 24.3 Å². The number of esters is 1. The number of nitrogens with two attached hydrogens (primary N) is 1. The molecule has 1 aliphatic heterocycles. The number of aliphatic hydroxyl groups is 1. The number of aromatic nitrogens is 4. The zero-order valence-corrected chi connectivity index (χ0v) is 26.2. The van der Waals surface area contributed by atoms with Gasteiger partial charge < -0.3 is 29.7 Å². The average molecular weight is 636 g/mol. The predicted molar refractivity (Wildman–Crippen MR) is 160 cm³/mol. The van der Waals surface area contributed by atoms with Crippen molar-refractivity contribution in [2.24, 2.45) is 0 Å². The van der Waals surface area contributed by atoms with E-state index in [1.165, 1.54) is 24.7 Å². The fraction of sp³-hybridized carbons (Fsp3) is 0.571. The van der Waals surface area contributed by atoms with Crippen LogP contribution in [0.2, 0.25) is 0 Å². The van der Waals surface area contributed by atoms with Crippen LogP contribution < -0.4 is 20.2 Å². The molecule has 4 N–H and O–H groups in total. The van der Waals surface area contributed by atoms with Gasteiger partial charge in [-0.3, -0.25) is 13.9 Å². The molecular weight excluding hydrogens is 596 g/mol. The summed E-state index contributed by atoms with van der Waals surface area (Å²) in [6.07, 6.45) is -0.310. The van der Waals surface area contributed by atoms with Crippen LogP contribution in [0.15, 0.2) is 36.7 Å². The number of hydrogen-bond donors (Lipinski definition) is 3. The Kier molecular flexibility index (Phi) is 9.15. The van der Waals surface area contributed by atoms with Crippen LogP contribution in [0.5, 0.6) is 5.75 Å². The third-order valence-electron chi connectivity index (χ3n) is 7.78. The smallest absolute Gasteiger partial charge is 0.459 e. The Bertz CT molecular complexity index is 1520. The quantitative estimate of drug-likeness (QED) is 0.195. The number of aliphatic hydroxyl groups excluding tert-OH is 1. The molecule has 2 aliphatic rings. The van der Waals surface area contributed by atoms with Crippen LogP contribution in [0, 0.1) is 0 Å². The molecule has 0 radical (unpaired) electrons. The van der Waals surface area contributed by atoms with Crippen molar-refractivity contribution in [3.05, 3.63) is 36.7 Å². The SMILES string of the molecule is CC(C)OC(=O)[C@H](C)NP(=O)(OC[C@H]1O[C@@H](n2cnc3c(N(C)C4CCC4)nc(N)nc32)[C@](C)(F)[C@@H]1O)Oc1ccccc1. The molecule has 3 heterocycles. The van der Waals surface area contributed by atoms with Gasteiger partial charge >= 0.3 is 13.7 Å². The summed E-state index contributed by atoms with van der Waals surface area (Å²) in [5.41, 5.74) is 4.33. The molecule has 16 heteroatoms. The molecule has 2 aromatic heterocycles. The van der Waals surface area contributed by atoms with Crippen molar-refractivity contribution in [2.45, 2.75) is 89.2 Å². The highest BCUT2D eigenvalue weighted by Gasteiger charge is 2.56. The summed E-state index contributed by atoms with van der Waals surface area (Å²) < 4.78 is 53.9. The molecule has 240 valence electrons. The van der Waals surface area contributed by atoms with Crippen LogP contribution in [0.1, 0.15) is 53.2 Å². The molecule has 0 amide bonds. The number of carbonyl (C=O) groups excluding carboxylic acids is 1. The minimum atomic E-state index is -4.29. The molecule has 3 aromatic rings. The Morgan fingerprint density at radius 2 is 2.00 bits per heavy atom. The zero-order chi connectivity index (χ0) is 31.8. The summed E-state index contributed by atoms with van der Waals surface area (Å²) >= 11 is 0. The molecule has 1 aliphatic carbocycles. The summed E-state index contributed by atoms with van der Waals surface area (Å²) in [6, 6.07) is 7.38. The molecular formula is C28H39FN7O7P. The number of halogens is 1. The van der Waals surface area contributed by atoms with E-state index in [2.05, 4.69) is 20.0 Å². The van der Waals surface area contributed by atoms with Crippen molar-refractivity contribution in [3.63, 3.8) is 0 Å². The lowest BCUT2D eigenvalue weighted by molar-refractivity contribution is -0.149. The van der Waals surface area contributed by atoms with E-state index in [4.69, 9.17) is 24.3 Å². The zero-order valence-electron chi connectivity index (χ0n) is 25.3. The summed E-state index contributed by atoms with van der Waals surface area (Å²) in [5, 5.41) is 13.6. The average Bonchev–Trinajstić information content (AvgIpc) is 3.43. The maximum atomic E-state index is 16.2. The largest absolute Gasteiger partial charge is 0.462 e. The molecule has 2 fully saturated rings. The number of alkyl halides is 1. The number of nitrogens with one attached hydrogen (secondary N) is 1. The van der Waals surface area contributed by atoms with Gasteiger partial charge in [0.2, 0.25) is 5.95 Å². The first-order chi connectivity index (χ1) is 20.8. The van der Waals surface area contributed by atoms with Crippen molar-refractivity contribution >= 4 is 36.6 Å². The number of rotatable bonds is 12. The van der Waals surface area contributed by atoms with Gasteiger partial charge in [0.15, 0.2) is 28.9 Å². The lowest BCUT2D eigenvalue weighted by Gasteiger charge is -2.35. The maximum Gasteiger partial charge on any atom is 0.459 e. The van der Waals surface area contributed by atoms with Gasteiger partial charge in [0.05, 0.1) is 19.0 Å². The molecule has 0 bridgehead atoms. The van der Waals surface area contributed by atoms with Gasteiger partial charge in [-0.2, -0.15) is 15.1 Å². The van der Waals surface area contributed by atoms with E-state index >= 15 is 4.39 Å². The first-order valence-corrected chi connectivity index (χ1v) is 16.1. The Balaban J connectivity index is 1.37. The summed E-state index contributed by atoms with van der Waals surface area (Å²) in [7, 11) is -2.39. The summed E-state index contributed by atoms with van der Waals surface area (Å²) in [4.78, 5) is 27.6. The topological polar surface area (TPSA) is 176 Å². The van der Waals surface area contributed by atoms with Gasteiger partial charge in [-0.15, -0.1) is 0 Å². The number of nitrogen functional groups attached to an aromatic ring is 1. The summed E-state index contributed by atoms with van der Waals surface area (Å²) in [6.45, 7) is 5.43. The van der Waals surface area contributed by atoms with Crippen molar-refractivity contribution in [1.29, 1.82) is 0 Å². The van der Waals surface area contributed by atoms with E-state index in [9.17, 15) is 14.5 Å². The number of carbonyl (C=O) groups is 1. The molecule has 5 rings (SSSR count). The maximum absolute atomic E-state index is 16.2. The van der Waals surface area contributed by atoms with Gasteiger partial charge in [0.25, 0.3) is 0 Å². The molecule has 1 saturated heterocycles. The number of anilines is 2. The van der Waals surface area contributed by atoms with Gasteiger partial charge in [-0.05, 0) is 59.1 Å². The lowest BCUT2D eigenvalue weighted by atomic mass is 9.92. The second-order valence-corrected chi connectivity index (χ2v) is 13.3. The van der Waals surface area contributed by atoms with E-state index in [0.29, 0.717) is 11.3 Å². The minimum absolute atomic E-state index is 0.0189. The Morgan fingerprint density at radius 1 is 1.30 bits per heavy atom. The Labute approximate surface area is 254 Å². The van der Waals surface area contributed by atoms with Crippen LogP contribution in [0.3, 0.4) is 0 Å². The third-order valence-corrected chi connectivity index (χ3v) is 9.42. The number of ether oxygens (including phenoxy) is 2. The highest BCUT2D eigenvalue weighted by Crippen LogP contribution is 2.48. The number of para-hydroxylation sites is 1. The number of nitrogens with zero attached hydrogens (tertiary/aromatic N) is 5. The second kappa shape index (κ2) is 12.6. The van der Waals surface area contributed by atoms with E-state index in [1.54, 1.807) is 44.2 Å². The molecule has 1 unspecified atom stereocenters. The number of imidazole rings is 1. The van der Waals surface area contributed by atoms with Crippen molar-refractivity contribution in [1.82, 2.24) is 24.6 Å². The molecule has 1 aromatic carbocycles. The first kappa shape index (κ1) is 32.0. The Morgan fingerprint density at radius 3 is 2.64 bits per heavy atom. The molecule has 6 atom stereocenters. The van der Waals surface area contributed by atoms with Crippen LogP contribution in [0.4, 0.5) is 16.2 Å². The predicted octanol–water partition coefficient (Wildman–Crippen LogP) is 3.52. The second-order valence-electron chi connectivity index (χ2n) is 11.6. The van der Waals surface area contributed by atoms with Crippen molar-refractivity contribution in [3.8, 4) is 5.75 Å². The van der Waals surface area contributed by atoms with Gasteiger partial charge in [0, 0.05) is 13.1 Å². The minimum Gasteiger partial charge on any atom is -0.462 e. The number of fused-ring (bicyclic) bond motifs is 1. The molecule has 14 nitrogen and oxygen atoms in total. The van der Waals surface area contributed by atoms with Crippen LogP contribution in [-0.4, -0.2) is 80.3 Å². The number of benzene rings is 1. The normalized spacial score (nSPS) is 25.9. The molecule has 1 saturated carbocycles. The van der Waals surface area contributed by atoms with Crippen LogP contribution in [0.25, 0.3) is 11.2 Å². The van der Waals surface area contributed by atoms with E-state index in [0.717, 1.165) is 19.3 Å². The fourth-order valence-corrected chi connectivity index (χ4v) is 6.64. The van der Waals surface area contributed by atoms with Crippen LogP contribution in [-0.2, 0) is 23.4 Å². The number of hydrogen-bond acceptors (Lipinski definition) is 12. The highest BCUT2D eigenvalue weighted by atomic mass is 31.2. The van der Waals surface area contributed by atoms with Crippen LogP contribution >= 0.6 is 7.75 Å². The highest BCUT2D eigenvalue weighted by molar-refractivity contribution is 7.52.